The molecule has 3 rings (SSSR count). The molecule has 0 aromatic carbocycles. The van der Waals surface area contributed by atoms with Crippen molar-refractivity contribution in [3.63, 3.8) is 0 Å². The molecule has 1 amide bonds. The maximum Gasteiger partial charge on any atom is 0.303 e. The molecule has 25 heavy (non-hydrogen) atoms. The number of ether oxygens (including phenoxy) is 1. The van der Waals surface area contributed by atoms with Gasteiger partial charge in [0, 0.05) is 25.7 Å². The van der Waals surface area contributed by atoms with E-state index in [1.807, 2.05) is 16.6 Å². The van der Waals surface area contributed by atoms with E-state index in [4.69, 9.17) is 4.74 Å². The van der Waals surface area contributed by atoms with Crippen molar-refractivity contribution in [2.45, 2.75) is 83.9 Å². The van der Waals surface area contributed by atoms with Crippen LogP contribution in [0, 0.1) is 0 Å². The van der Waals surface area contributed by atoms with Crippen LogP contribution < -0.4 is 0 Å². The fourth-order valence-electron chi connectivity index (χ4n) is 4.32. The number of nitrogens with zero attached hydrogens (tertiary/aromatic N) is 3. The molecule has 0 unspecified atom stereocenters. The zero-order chi connectivity index (χ0) is 18.2. The van der Waals surface area contributed by atoms with Crippen LogP contribution in [0.3, 0.4) is 0 Å². The number of carbonyl (C=O) groups excluding carboxylic acids is 2. The summed E-state index contributed by atoms with van der Waals surface area (Å²) in [6.45, 7) is 5.22. The predicted octanol–water partition coefficient (Wildman–Crippen LogP) is 2.52. The second-order valence-corrected chi connectivity index (χ2v) is 7.82. The second-order valence-electron chi connectivity index (χ2n) is 7.82. The highest BCUT2D eigenvalue weighted by atomic mass is 16.6. The highest BCUT2D eigenvalue weighted by Gasteiger charge is 2.39. The predicted molar refractivity (Wildman–Crippen MR) is 93.9 cm³/mol. The maximum absolute atomic E-state index is 13.2. The first-order chi connectivity index (χ1) is 11.8. The minimum absolute atomic E-state index is 0.119. The fraction of sp³-hybridized carbons (Fsp3) is 0.737. The maximum atomic E-state index is 13.2. The second kappa shape index (κ2) is 6.81. The third kappa shape index (κ3) is 3.58. The van der Waals surface area contributed by atoms with Gasteiger partial charge in [0.05, 0.1) is 12.2 Å². The van der Waals surface area contributed by atoms with E-state index in [1.54, 1.807) is 13.8 Å². The van der Waals surface area contributed by atoms with E-state index >= 15 is 0 Å². The minimum Gasteiger partial charge on any atom is -0.450 e. The van der Waals surface area contributed by atoms with Crippen molar-refractivity contribution in [1.29, 1.82) is 0 Å². The van der Waals surface area contributed by atoms with E-state index in [0.717, 1.165) is 50.6 Å². The number of carbonyl (C=O) groups is 2. The van der Waals surface area contributed by atoms with Crippen LogP contribution >= 0.6 is 0 Å². The van der Waals surface area contributed by atoms with Crippen molar-refractivity contribution in [3.05, 3.63) is 17.0 Å². The van der Waals surface area contributed by atoms with Gasteiger partial charge in [-0.05, 0) is 51.5 Å². The number of fused-ring (bicyclic) bond motifs is 1. The van der Waals surface area contributed by atoms with Gasteiger partial charge in [-0.3, -0.25) is 14.3 Å². The first-order valence-electron chi connectivity index (χ1n) is 9.34. The summed E-state index contributed by atoms with van der Waals surface area (Å²) in [6, 6.07) is 0.210. The van der Waals surface area contributed by atoms with Crippen molar-refractivity contribution < 1.29 is 14.3 Å². The molecule has 1 aromatic rings. The molecule has 0 atom stereocenters. The van der Waals surface area contributed by atoms with Gasteiger partial charge in [0.15, 0.2) is 5.60 Å². The Kier molecular flexibility index (Phi) is 4.89. The van der Waals surface area contributed by atoms with Gasteiger partial charge in [0.25, 0.3) is 5.91 Å². The van der Waals surface area contributed by atoms with Crippen LogP contribution in [0.15, 0.2) is 0 Å². The van der Waals surface area contributed by atoms with Crippen LogP contribution in [0.5, 0.6) is 0 Å². The van der Waals surface area contributed by atoms with Gasteiger partial charge in [-0.2, -0.15) is 5.10 Å². The van der Waals surface area contributed by atoms with E-state index in [9.17, 15) is 9.59 Å². The lowest BCUT2D eigenvalue weighted by Crippen LogP contribution is -2.50. The number of hydrogen-bond acceptors (Lipinski definition) is 4. The molecule has 0 N–H and O–H groups in total. The summed E-state index contributed by atoms with van der Waals surface area (Å²) in [4.78, 5) is 26.5. The van der Waals surface area contributed by atoms with Gasteiger partial charge in [-0.25, -0.2) is 0 Å². The highest BCUT2D eigenvalue weighted by Crippen LogP contribution is 2.31. The van der Waals surface area contributed by atoms with Crippen LogP contribution in [0.2, 0.25) is 0 Å². The topological polar surface area (TPSA) is 64.4 Å². The Morgan fingerprint density at radius 3 is 2.56 bits per heavy atom. The summed E-state index contributed by atoms with van der Waals surface area (Å²) in [5.41, 5.74) is 2.47. The molecular weight excluding hydrogens is 318 g/mol. The van der Waals surface area contributed by atoms with Crippen molar-refractivity contribution in [1.82, 2.24) is 14.7 Å². The molecule has 138 valence electrons. The Balaban J connectivity index is 1.87. The van der Waals surface area contributed by atoms with E-state index in [1.165, 1.54) is 18.2 Å². The summed E-state index contributed by atoms with van der Waals surface area (Å²) in [6.07, 6.45) is 7.57. The number of aromatic nitrogens is 2. The average Bonchev–Trinajstić information content (AvgIpc) is 3.23. The molecule has 1 aromatic heterocycles. The summed E-state index contributed by atoms with van der Waals surface area (Å²) in [5.74, 6) is -0.546. The smallest absolute Gasteiger partial charge is 0.303 e. The molecule has 6 heteroatoms. The molecule has 0 aliphatic heterocycles. The summed E-state index contributed by atoms with van der Waals surface area (Å²) in [5, 5.41) is 4.68. The van der Waals surface area contributed by atoms with Crippen LogP contribution in [-0.4, -0.2) is 38.2 Å². The van der Waals surface area contributed by atoms with Gasteiger partial charge in [-0.15, -0.1) is 0 Å². The molecule has 2 aliphatic carbocycles. The van der Waals surface area contributed by atoms with Gasteiger partial charge in [0.2, 0.25) is 0 Å². The first kappa shape index (κ1) is 18.0. The fourth-order valence-corrected chi connectivity index (χ4v) is 4.32. The molecule has 1 heterocycles. The number of aryl methyl sites for hydroxylation is 1. The third-order valence-electron chi connectivity index (χ3n) is 5.46. The zero-order valence-corrected chi connectivity index (χ0v) is 15.8. The number of hydrogen-bond donors (Lipinski definition) is 0. The zero-order valence-electron chi connectivity index (χ0n) is 15.8. The molecule has 0 radical (unpaired) electrons. The van der Waals surface area contributed by atoms with Crippen molar-refractivity contribution in [2.75, 3.05) is 0 Å². The summed E-state index contributed by atoms with van der Waals surface area (Å²) in [7, 11) is 1.98. The molecule has 1 fully saturated rings. The van der Waals surface area contributed by atoms with E-state index < -0.39 is 11.6 Å². The summed E-state index contributed by atoms with van der Waals surface area (Å²) >= 11 is 0. The Labute approximate surface area is 149 Å². The Hall–Kier alpha value is -1.85. The van der Waals surface area contributed by atoms with Crippen molar-refractivity contribution in [2.24, 2.45) is 7.05 Å². The van der Waals surface area contributed by atoms with Crippen molar-refractivity contribution in [3.8, 4) is 0 Å². The number of amides is 1. The molecule has 6 nitrogen and oxygen atoms in total. The van der Waals surface area contributed by atoms with E-state index in [0.29, 0.717) is 6.54 Å². The van der Waals surface area contributed by atoms with Gasteiger partial charge in [0.1, 0.15) is 0 Å². The van der Waals surface area contributed by atoms with Crippen LogP contribution in [-0.2, 0) is 40.8 Å². The lowest BCUT2D eigenvalue weighted by atomic mass is 10.0. The van der Waals surface area contributed by atoms with Gasteiger partial charge >= 0.3 is 5.97 Å². The van der Waals surface area contributed by atoms with E-state index in [2.05, 4.69) is 5.10 Å². The highest BCUT2D eigenvalue weighted by molar-refractivity contribution is 5.87. The monoisotopic (exact) mass is 347 g/mol. The molecule has 1 saturated carbocycles. The molecule has 2 aliphatic rings. The van der Waals surface area contributed by atoms with Gasteiger partial charge < -0.3 is 9.64 Å². The SMILES string of the molecule is CC(=O)OC(C)(C)C(=O)N(Cc1nn(C)c2c1CCC2)C1CCCC1. The van der Waals surface area contributed by atoms with Gasteiger partial charge in [-0.1, -0.05) is 12.8 Å². The molecule has 0 bridgehead atoms. The van der Waals surface area contributed by atoms with Crippen LogP contribution in [0.25, 0.3) is 0 Å². The summed E-state index contributed by atoms with van der Waals surface area (Å²) < 4.78 is 7.28. The molecular formula is C19H29N3O3. The minimum atomic E-state index is -1.15. The number of esters is 1. The quantitative estimate of drug-likeness (QED) is 0.768. The van der Waals surface area contributed by atoms with E-state index in [-0.39, 0.29) is 11.9 Å². The largest absolute Gasteiger partial charge is 0.450 e. The number of rotatable bonds is 5. The molecule has 0 spiro atoms. The normalized spacial score (nSPS) is 17.6. The van der Waals surface area contributed by atoms with Crippen LogP contribution in [0.4, 0.5) is 0 Å². The lowest BCUT2D eigenvalue weighted by Gasteiger charge is -2.35. The third-order valence-corrected chi connectivity index (χ3v) is 5.46. The standard InChI is InChI=1S/C19H29N3O3/c1-13(23)25-19(2,3)18(24)22(14-8-5-6-9-14)12-16-15-10-7-11-17(15)21(4)20-16/h14H,5-12H2,1-4H3. The first-order valence-corrected chi connectivity index (χ1v) is 9.34. The average molecular weight is 347 g/mol. The van der Waals surface area contributed by atoms with Crippen molar-refractivity contribution >= 4 is 11.9 Å². The molecule has 0 saturated heterocycles. The Morgan fingerprint density at radius 1 is 1.24 bits per heavy atom. The lowest BCUT2D eigenvalue weighted by molar-refractivity contribution is -0.170. The Bertz CT molecular complexity index is 672. The Morgan fingerprint density at radius 2 is 1.92 bits per heavy atom. The van der Waals surface area contributed by atoms with Crippen LogP contribution in [0.1, 0.15) is 69.8 Å².